The number of halogens is 1. The minimum absolute atomic E-state index is 0. The first kappa shape index (κ1) is 23.1. The third-order valence-corrected chi connectivity index (χ3v) is 6.11. The van der Waals surface area contributed by atoms with E-state index in [1.807, 2.05) is 68.4 Å². The number of Topliss-reactive ketones (excluding diaryl/α,β-unsaturated/α-hetero) is 1. The third kappa shape index (κ3) is 5.20. The first-order chi connectivity index (χ1) is 14.5. The SMILES string of the molecule is Br.COc1ccc2c(c1)nc(SCC(=O)c1cc(C)ccc1C)n2Cc1ccccc1. The summed E-state index contributed by atoms with van der Waals surface area (Å²) in [6.07, 6.45) is 0. The molecule has 1 aromatic heterocycles. The summed E-state index contributed by atoms with van der Waals surface area (Å²) in [5.74, 6) is 1.24. The first-order valence-electron chi connectivity index (χ1n) is 9.86. The maximum absolute atomic E-state index is 12.9. The molecule has 3 aromatic carbocycles. The summed E-state index contributed by atoms with van der Waals surface area (Å²) in [7, 11) is 1.65. The molecule has 0 spiro atoms. The van der Waals surface area contributed by atoms with Crippen molar-refractivity contribution < 1.29 is 9.53 Å². The molecular weight excluding hydrogens is 472 g/mol. The number of carbonyl (C=O) groups is 1. The monoisotopic (exact) mass is 496 g/mol. The van der Waals surface area contributed by atoms with E-state index >= 15 is 0 Å². The van der Waals surface area contributed by atoms with Crippen molar-refractivity contribution >= 4 is 45.6 Å². The van der Waals surface area contributed by atoms with Gasteiger partial charge in [0.05, 0.1) is 30.4 Å². The Kier molecular flexibility index (Phi) is 7.57. The Balaban J connectivity index is 0.00000272. The molecular formula is C25H25BrN2O2S. The van der Waals surface area contributed by atoms with Crippen LogP contribution in [0.25, 0.3) is 11.0 Å². The molecule has 0 fully saturated rings. The van der Waals surface area contributed by atoms with E-state index in [4.69, 9.17) is 9.72 Å². The summed E-state index contributed by atoms with van der Waals surface area (Å²) in [6.45, 7) is 4.69. The fraction of sp³-hybridized carbons (Fsp3) is 0.200. The van der Waals surface area contributed by atoms with E-state index < -0.39 is 0 Å². The number of imidazole rings is 1. The number of hydrogen-bond acceptors (Lipinski definition) is 4. The lowest BCUT2D eigenvalue weighted by Crippen LogP contribution is -2.07. The quantitative estimate of drug-likeness (QED) is 0.223. The van der Waals surface area contributed by atoms with Gasteiger partial charge in [0, 0.05) is 11.6 Å². The molecule has 4 nitrogen and oxygen atoms in total. The second-order valence-corrected chi connectivity index (χ2v) is 8.29. The number of carbonyl (C=O) groups excluding carboxylic acids is 1. The number of ketones is 1. The normalized spacial score (nSPS) is 10.7. The van der Waals surface area contributed by atoms with E-state index in [1.54, 1.807) is 7.11 Å². The highest BCUT2D eigenvalue weighted by Gasteiger charge is 2.16. The van der Waals surface area contributed by atoms with E-state index in [-0.39, 0.29) is 22.8 Å². The van der Waals surface area contributed by atoms with Crippen LogP contribution >= 0.6 is 28.7 Å². The lowest BCUT2D eigenvalue weighted by atomic mass is 10.0. The van der Waals surface area contributed by atoms with Crippen molar-refractivity contribution in [2.24, 2.45) is 0 Å². The van der Waals surface area contributed by atoms with Crippen molar-refractivity contribution in [2.45, 2.75) is 25.5 Å². The van der Waals surface area contributed by atoms with Gasteiger partial charge in [-0.25, -0.2) is 4.98 Å². The van der Waals surface area contributed by atoms with Crippen LogP contribution in [-0.2, 0) is 6.54 Å². The number of aryl methyl sites for hydroxylation is 2. The van der Waals surface area contributed by atoms with Crippen LogP contribution in [0.5, 0.6) is 5.75 Å². The smallest absolute Gasteiger partial charge is 0.173 e. The van der Waals surface area contributed by atoms with Crippen molar-refractivity contribution in [1.29, 1.82) is 0 Å². The summed E-state index contributed by atoms with van der Waals surface area (Å²) >= 11 is 1.48. The number of fused-ring (bicyclic) bond motifs is 1. The molecule has 0 aliphatic rings. The number of thioether (sulfide) groups is 1. The number of rotatable bonds is 7. The molecule has 0 aliphatic heterocycles. The van der Waals surface area contributed by atoms with Crippen LogP contribution in [0.15, 0.2) is 71.9 Å². The van der Waals surface area contributed by atoms with Gasteiger partial charge in [0.2, 0.25) is 0 Å². The molecule has 0 N–H and O–H groups in total. The molecule has 0 saturated carbocycles. The Morgan fingerprint density at radius 2 is 1.81 bits per heavy atom. The average molecular weight is 497 g/mol. The minimum atomic E-state index is 0. The predicted molar refractivity (Wildman–Crippen MR) is 133 cm³/mol. The second-order valence-electron chi connectivity index (χ2n) is 7.35. The fourth-order valence-electron chi connectivity index (χ4n) is 3.49. The molecule has 6 heteroatoms. The summed E-state index contributed by atoms with van der Waals surface area (Å²) < 4.78 is 7.53. The summed E-state index contributed by atoms with van der Waals surface area (Å²) in [5.41, 5.74) is 5.98. The van der Waals surface area contributed by atoms with Crippen LogP contribution in [0.1, 0.15) is 27.0 Å². The number of ether oxygens (including phenoxy) is 1. The molecule has 4 rings (SSSR count). The average Bonchev–Trinajstić information content (AvgIpc) is 3.10. The van der Waals surface area contributed by atoms with Crippen LogP contribution in [-0.4, -0.2) is 28.2 Å². The number of aromatic nitrogens is 2. The standard InChI is InChI=1S/C25H24N2O2S.BrH/c1-17-9-10-18(2)21(13-17)24(28)16-30-25-26-22-14-20(29-3)11-12-23(22)27(25)15-19-7-5-4-6-8-19;/h4-14H,15-16H2,1-3H3;1H. The van der Waals surface area contributed by atoms with Gasteiger partial charge in [-0.3, -0.25) is 4.79 Å². The number of nitrogens with zero attached hydrogens (tertiary/aromatic N) is 2. The largest absolute Gasteiger partial charge is 0.497 e. The topological polar surface area (TPSA) is 44.1 Å². The molecule has 0 amide bonds. The van der Waals surface area contributed by atoms with Gasteiger partial charge in [0.15, 0.2) is 10.9 Å². The first-order valence-corrected chi connectivity index (χ1v) is 10.8. The lowest BCUT2D eigenvalue weighted by molar-refractivity contribution is 0.102. The van der Waals surface area contributed by atoms with Crippen LogP contribution in [0.2, 0.25) is 0 Å². The fourth-order valence-corrected chi connectivity index (χ4v) is 4.38. The molecule has 0 saturated heterocycles. The Labute approximate surface area is 197 Å². The highest BCUT2D eigenvalue weighted by Crippen LogP contribution is 2.28. The number of methoxy groups -OCH3 is 1. The maximum atomic E-state index is 12.9. The Morgan fingerprint density at radius 1 is 1.03 bits per heavy atom. The van der Waals surface area contributed by atoms with E-state index in [1.165, 1.54) is 17.3 Å². The zero-order valence-corrected chi connectivity index (χ0v) is 20.3. The molecule has 0 atom stereocenters. The maximum Gasteiger partial charge on any atom is 0.173 e. The molecule has 160 valence electrons. The van der Waals surface area contributed by atoms with E-state index in [0.717, 1.165) is 38.6 Å². The van der Waals surface area contributed by atoms with Gasteiger partial charge < -0.3 is 9.30 Å². The van der Waals surface area contributed by atoms with E-state index in [2.05, 4.69) is 16.7 Å². The van der Waals surface area contributed by atoms with E-state index in [0.29, 0.717) is 12.3 Å². The van der Waals surface area contributed by atoms with Gasteiger partial charge in [-0.15, -0.1) is 17.0 Å². The lowest BCUT2D eigenvalue weighted by Gasteiger charge is -2.10. The molecule has 0 bridgehead atoms. The number of benzene rings is 3. The highest BCUT2D eigenvalue weighted by atomic mass is 79.9. The predicted octanol–water partition coefficient (Wildman–Crippen LogP) is 6.26. The van der Waals surface area contributed by atoms with Crippen molar-refractivity contribution in [1.82, 2.24) is 9.55 Å². The van der Waals surface area contributed by atoms with Gasteiger partial charge in [-0.05, 0) is 43.2 Å². The van der Waals surface area contributed by atoms with Crippen LogP contribution < -0.4 is 4.74 Å². The van der Waals surface area contributed by atoms with Gasteiger partial charge >= 0.3 is 0 Å². The zero-order valence-electron chi connectivity index (χ0n) is 17.8. The Morgan fingerprint density at radius 3 is 2.55 bits per heavy atom. The van der Waals surface area contributed by atoms with Gasteiger partial charge in [-0.2, -0.15) is 0 Å². The minimum Gasteiger partial charge on any atom is -0.497 e. The van der Waals surface area contributed by atoms with Crippen LogP contribution in [0.4, 0.5) is 0 Å². The highest BCUT2D eigenvalue weighted by molar-refractivity contribution is 8.93. The van der Waals surface area contributed by atoms with Gasteiger partial charge in [0.1, 0.15) is 5.75 Å². The molecule has 0 aliphatic carbocycles. The van der Waals surface area contributed by atoms with Gasteiger partial charge in [-0.1, -0.05) is 59.8 Å². The van der Waals surface area contributed by atoms with Crippen molar-refractivity contribution in [2.75, 3.05) is 12.9 Å². The third-order valence-electron chi connectivity index (χ3n) is 5.13. The van der Waals surface area contributed by atoms with Crippen molar-refractivity contribution in [3.05, 3.63) is 89.0 Å². The van der Waals surface area contributed by atoms with Crippen molar-refractivity contribution in [3.63, 3.8) is 0 Å². The zero-order chi connectivity index (χ0) is 21.1. The summed E-state index contributed by atoms with van der Waals surface area (Å²) in [4.78, 5) is 17.7. The second kappa shape index (κ2) is 10.2. The Bertz CT molecular complexity index is 1210. The molecule has 4 aromatic rings. The number of hydrogen-bond donors (Lipinski definition) is 0. The molecule has 31 heavy (non-hydrogen) atoms. The summed E-state index contributed by atoms with van der Waals surface area (Å²) in [6, 6.07) is 22.2. The summed E-state index contributed by atoms with van der Waals surface area (Å²) in [5, 5.41) is 0.834. The van der Waals surface area contributed by atoms with Crippen LogP contribution in [0.3, 0.4) is 0 Å². The molecule has 1 heterocycles. The van der Waals surface area contributed by atoms with Crippen molar-refractivity contribution in [3.8, 4) is 5.75 Å². The van der Waals surface area contributed by atoms with E-state index in [9.17, 15) is 4.79 Å². The Hall–Kier alpha value is -2.57. The van der Waals surface area contributed by atoms with Gasteiger partial charge in [0.25, 0.3) is 0 Å². The molecule has 0 unspecified atom stereocenters. The van der Waals surface area contributed by atoms with Crippen LogP contribution in [0, 0.1) is 13.8 Å². The molecule has 0 radical (unpaired) electrons.